The summed E-state index contributed by atoms with van der Waals surface area (Å²) in [6, 6.07) is 2.94. The highest BCUT2D eigenvalue weighted by Gasteiger charge is 2.27. The number of carbonyl (C=O) groups excluding carboxylic acids is 2. The Morgan fingerprint density at radius 3 is 2.08 bits per heavy atom. The quantitative estimate of drug-likeness (QED) is 0.687. The van der Waals surface area contributed by atoms with Crippen LogP contribution in [0.3, 0.4) is 0 Å². The zero-order chi connectivity index (χ0) is 19.5. The van der Waals surface area contributed by atoms with Gasteiger partial charge in [0, 0.05) is 32.2 Å². The lowest BCUT2D eigenvalue weighted by Crippen LogP contribution is -2.52. The second-order valence-corrected chi connectivity index (χ2v) is 8.06. The van der Waals surface area contributed by atoms with Crippen molar-refractivity contribution < 1.29 is 19.1 Å². The summed E-state index contributed by atoms with van der Waals surface area (Å²) >= 11 is 17.8. The van der Waals surface area contributed by atoms with Crippen LogP contribution in [0.2, 0.25) is 15.1 Å². The molecule has 1 aliphatic heterocycles. The van der Waals surface area contributed by atoms with Gasteiger partial charge in [-0.05, 0) is 26.8 Å². The largest absolute Gasteiger partial charge is 0.482 e. The van der Waals surface area contributed by atoms with Crippen LogP contribution in [0.25, 0.3) is 0 Å². The Bertz CT molecular complexity index is 683. The van der Waals surface area contributed by atoms with Crippen molar-refractivity contribution in [3.8, 4) is 5.75 Å². The summed E-state index contributed by atoms with van der Waals surface area (Å²) in [7, 11) is 0. The molecule has 0 N–H and O–H groups in total. The molecule has 1 aromatic carbocycles. The highest BCUT2D eigenvalue weighted by Crippen LogP contribution is 2.33. The predicted molar refractivity (Wildman–Crippen MR) is 101 cm³/mol. The fraction of sp³-hybridized carbons (Fsp3) is 0.529. The third-order valence-corrected chi connectivity index (χ3v) is 4.63. The smallest absolute Gasteiger partial charge is 0.410 e. The second-order valence-electron chi connectivity index (χ2n) is 6.83. The van der Waals surface area contributed by atoms with Crippen LogP contribution in [-0.2, 0) is 9.53 Å². The Labute approximate surface area is 167 Å². The van der Waals surface area contributed by atoms with Gasteiger partial charge >= 0.3 is 6.09 Å². The molecule has 6 nitrogen and oxygen atoms in total. The summed E-state index contributed by atoms with van der Waals surface area (Å²) in [5.41, 5.74) is -0.545. The maximum absolute atomic E-state index is 12.3. The fourth-order valence-corrected chi connectivity index (χ4v) is 2.90. The van der Waals surface area contributed by atoms with E-state index in [9.17, 15) is 9.59 Å². The maximum atomic E-state index is 12.3. The number of hydrogen-bond donors (Lipinski definition) is 0. The van der Waals surface area contributed by atoms with Crippen LogP contribution in [-0.4, -0.2) is 60.2 Å². The first kappa shape index (κ1) is 20.9. The van der Waals surface area contributed by atoms with E-state index in [1.807, 2.05) is 20.8 Å². The van der Waals surface area contributed by atoms with E-state index in [1.54, 1.807) is 9.80 Å². The normalized spacial score (nSPS) is 15.0. The number of nitrogens with zero attached hydrogens (tertiary/aromatic N) is 2. The van der Waals surface area contributed by atoms with Crippen molar-refractivity contribution in [2.24, 2.45) is 0 Å². The molecule has 1 heterocycles. The highest BCUT2D eigenvalue weighted by molar-refractivity contribution is 6.43. The Balaban J connectivity index is 1.83. The van der Waals surface area contributed by atoms with Gasteiger partial charge in [0.2, 0.25) is 0 Å². The number of carbonyl (C=O) groups is 2. The number of halogens is 3. The second kappa shape index (κ2) is 8.55. The van der Waals surface area contributed by atoms with Gasteiger partial charge in [-0.3, -0.25) is 4.79 Å². The molecule has 0 atom stereocenters. The molecule has 1 saturated heterocycles. The molecule has 0 bridgehead atoms. The molecule has 1 fully saturated rings. The van der Waals surface area contributed by atoms with E-state index in [2.05, 4.69) is 0 Å². The van der Waals surface area contributed by atoms with Gasteiger partial charge in [-0.1, -0.05) is 34.8 Å². The average Bonchev–Trinajstić information content (AvgIpc) is 2.55. The van der Waals surface area contributed by atoms with Crippen molar-refractivity contribution >= 4 is 46.8 Å². The lowest BCUT2D eigenvalue weighted by atomic mass is 10.2. The van der Waals surface area contributed by atoms with Crippen molar-refractivity contribution in [1.82, 2.24) is 9.80 Å². The summed E-state index contributed by atoms with van der Waals surface area (Å²) in [5.74, 6) is 0.0952. The number of hydrogen-bond acceptors (Lipinski definition) is 4. The molecule has 1 aliphatic rings. The van der Waals surface area contributed by atoms with Gasteiger partial charge < -0.3 is 19.3 Å². The van der Waals surface area contributed by atoms with E-state index in [0.29, 0.717) is 42.0 Å². The molecule has 0 unspecified atom stereocenters. The van der Waals surface area contributed by atoms with E-state index >= 15 is 0 Å². The Kier molecular flexibility index (Phi) is 6.88. The molecular formula is C17H21Cl3N2O4. The number of ether oxygens (including phenoxy) is 2. The summed E-state index contributed by atoms with van der Waals surface area (Å²) in [5, 5.41) is 0.889. The van der Waals surface area contributed by atoms with Crippen molar-refractivity contribution in [2.75, 3.05) is 32.8 Å². The molecule has 0 radical (unpaired) electrons. The first-order valence-electron chi connectivity index (χ1n) is 8.10. The first-order chi connectivity index (χ1) is 12.1. The minimum absolute atomic E-state index is 0.176. The number of rotatable bonds is 3. The minimum Gasteiger partial charge on any atom is -0.482 e. The molecule has 0 saturated carbocycles. The minimum atomic E-state index is -0.545. The van der Waals surface area contributed by atoms with Gasteiger partial charge in [-0.15, -0.1) is 0 Å². The van der Waals surface area contributed by atoms with Crippen LogP contribution in [0.4, 0.5) is 4.79 Å². The predicted octanol–water partition coefficient (Wildman–Crippen LogP) is 4.10. The maximum Gasteiger partial charge on any atom is 0.410 e. The monoisotopic (exact) mass is 422 g/mol. The SMILES string of the molecule is CC(C)(C)OC(=O)N1CCN(C(=O)COc2cc(Cl)c(Cl)cc2Cl)CC1. The van der Waals surface area contributed by atoms with Crippen LogP contribution in [0.15, 0.2) is 12.1 Å². The summed E-state index contributed by atoms with van der Waals surface area (Å²) < 4.78 is 10.8. The topological polar surface area (TPSA) is 59.1 Å². The van der Waals surface area contributed by atoms with Crippen molar-refractivity contribution in [2.45, 2.75) is 26.4 Å². The average molecular weight is 424 g/mol. The molecule has 0 aromatic heterocycles. The molecule has 26 heavy (non-hydrogen) atoms. The standard InChI is InChI=1S/C17H21Cl3N2O4/c1-17(2,3)26-16(24)22-6-4-21(5-7-22)15(23)10-25-14-9-12(19)11(18)8-13(14)20/h8-9H,4-7,10H2,1-3H3. The Morgan fingerprint density at radius 2 is 1.50 bits per heavy atom. The third-order valence-electron chi connectivity index (χ3n) is 3.61. The van der Waals surface area contributed by atoms with E-state index in [-0.39, 0.29) is 23.6 Å². The van der Waals surface area contributed by atoms with Crippen LogP contribution in [0, 0.1) is 0 Å². The number of benzene rings is 1. The summed E-state index contributed by atoms with van der Waals surface area (Å²) in [6.07, 6.45) is -0.372. The molecule has 144 valence electrons. The van der Waals surface area contributed by atoms with Crippen molar-refractivity contribution in [3.63, 3.8) is 0 Å². The Hall–Kier alpha value is -1.37. The molecular weight excluding hydrogens is 403 g/mol. The van der Waals surface area contributed by atoms with Gasteiger partial charge in [0.15, 0.2) is 6.61 Å². The lowest BCUT2D eigenvalue weighted by molar-refractivity contribution is -0.135. The molecule has 2 rings (SSSR count). The van der Waals surface area contributed by atoms with Crippen LogP contribution < -0.4 is 4.74 Å². The highest BCUT2D eigenvalue weighted by atomic mass is 35.5. The lowest BCUT2D eigenvalue weighted by Gasteiger charge is -2.35. The zero-order valence-electron chi connectivity index (χ0n) is 14.9. The third kappa shape index (κ3) is 5.83. The number of amides is 2. The molecule has 0 spiro atoms. The van der Waals surface area contributed by atoms with E-state index in [1.165, 1.54) is 12.1 Å². The van der Waals surface area contributed by atoms with Crippen LogP contribution >= 0.6 is 34.8 Å². The van der Waals surface area contributed by atoms with Gasteiger partial charge in [-0.25, -0.2) is 4.79 Å². The zero-order valence-corrected chi connectivity index (χ0v) is 17.1. The van der Waals surface area contributed by atoms with Crippen molar-refractivity contribution in [1.29, 1.82) is 0 Å². The van der Waals surface area contributed by atoms with Gasteiger partial charge in [0.05, 0.1) is 15.1 Å². The molecule has 9 heteroatoms. The fourth-order valence-electron chi connectivity index (χ4n) is 2.31. The molecule has 1 aromatic rings. The summed E-state index contributed by atoms with van der Waals surface area (Å²) in [4.78, 5) is 27.6. The van der Waals surface area contributed by atoms with E-state index in [0.717, 1.165) is 0 Å². The van der Waals surface area contributed by atoms with Crippen LogP contribution in [0.5, 0.6) is 5.75 Å². The number of piperazine rings is 1. The first-order valence-corrected chi connectivity index (χ1v) is 9.23. The van der Waals surface area contributed by atoms with Gasteiger partial charge in [0.1, 0.15) is 11.4 Å². The van der Waals surface area contributed by atoms with Gasteiger partial charge in [0.25, 0.3) is 5.91 Å². The Morgan fingerprint density at radius 1 is 0.962 bits per heavy atom. The van der Waals surface area contributed by atoms with Crippen LogP contribution in [0.1, 0.15) is 20.8 Å². The van der Waals surface area contributed by atoms with E-state index < -0.39 is 5.60 Å². The van der Waals surface area contributed by atoms with E-state index in [4.69, 9.17) is 44.3 Å². The summed E-state index contributed by atoms with van der Waals surface area (Å²) in [6.45, 7) is 6.92. The molecule has 0 aliphatic carbocycles. The van der Waals surface area contributed by atoms with Crippen molar-refractivity contribution in [3.05, 3.63) is 27.2 Å². The van der Waals surface area contributed by atoms with Gasteiger partial charge in [-0.2, -0.15) is 0 Å². The molecule has 2 amide bonds.